The van der Waals surface area contributed by atoms with Gasteiger partial charge >= 0.3 is 0 Å². The lowest BCUT2D eigenvalue weighted by Gasteiger charge is -2.07. The number of rotatable bonds is 4. The van der Waals surface area contributed by atoms with Gasteiger partial charge in [0.15, 0.2) is 12.0 Å². The standard InChI is InChI=1S/C14H11ClN2O3S/c15-11-3-1-10(2-4-11)8-17-21(18,19)12-5-6-13-14(7-12)20-9-16-13/h1-7,9,17H,8H2. The molecule has 0 spiro atoms. The van der Waals surface area contributed by atoms with Crippen LogP contribution in [0.1, 0.15) is 5.56 Å². The summed E-state index contributed by atoms with van der Waals surface area (Å²) in [4.78, 5) is 4.09. The van der Waals surface area contributed by atoms with Gasteiger partial charge in [-0.3, -0.25) is 0 Å². The van der Waals surface area contributed by atoms with Crippen molar-refractivity contribution >= 4 is 32.7 Å². The first kappa shape index (κ1) is 14.1. The number of fused-ring (bicyclic) bond motifs is 1. The van der Waals surface area contributed by atoms with Gasteiger partial charge in [0.05, 0.1) is 4.90 Å². The number of sulfonamides is 1. The number of hydrogen-bond donors (Lipinski definition) is 1. The number of nitrogens with one attached hydrogen (secondary N) is 1. The van der Waals surface area contributed by atoms with E-state index in [1.807, 2.05) is 0 Å². The first-order chi connectivity index (χ1) is 10.0. The molecule has 0 unspecified atom stereocenters. The van der Waals surface area contributed by atoms with Gasteiger partial charge in [-0.15, -0.1) is 0 Å². The molecule has 1 N–H and O–H groups in total. The summed E-state index contributed by atoms with van der Waals surface area (Å²) < 4.78 is 32.1. The van der Waals surface area contributed by atoms with Crippen LogP contribution in [0.3, 0.4) is 0 Å². The average molecular weight is 323 g/mol. The summed E-state index contributed by atoms with van der Waals surface area (Å²) in [5.41, 5.74) is 1.87. The lowest BCUT2D eigenvalue weighted by atomic mass is 10.2. The zero-order valence-corrected chi connectivity index (χ0v) is 12.4. The highest BCUT2D eigenvalue weighted by molar-refractivity contribution is 7.89. The van der Waals surface area contributed by atoms with E-state index in [1.54, 1.807) is 30.3 Å². The second kappa shape index (κ2) is 5.48. The molecule has 21 heavy (non-hydrogen) atoms. The van der Waals surface area contributed by atoms with Crippen LogP contribution >= 0.6 is 11.6 Å². The maximum absolute atomic E-state index is 12.2. The fourth-order valence-corrected chi connectivity index (χ4v) is 3.03. The monoisotopic (exact) mass is 322 g/mol. The Balaban J connectivity index is 1.81. The van der Waals surface area contributed by atoms with E-state index >= 15 is 0 Å². The van der Waals surface area contributed by atoms with Gasteiger partial charge in [-0.1, -0.05) is 23.7 Å². The quantitative estimate of drug-likeness (QED) is 0.801. The van der Waals surface area contributed by atoms with E-state index in [9.17, 15) is 8.42 Å². The van der Waals surface area contributed by atoms with Crippen molar-refractivity contribution in [2.24, 2.45) is 0 Å². The molecule has 108 valence electrons. The van der Waals surface area contributed by atoms with Crippen LogP contribution in [0.25, 0.3) is 11.1 Å². The molecule has 0 saturated heterocycles. The number of benzene rings is 2. The highest BCUT2D eigenvalue weighted by Crippen LogP contribution is 2.18. The van der Waals surface area contributed by atoms with Crippen molar-refractivity contribution < 1.29 is 12.8 Å². The lowest BCUT2D eigenvalue weighted by molar-refractivity contribution is 0.579. The van der Waals surface area contributed by atoms with Crippen LogP contribution in [0, 0.1) is 0 Å². The summed E-state index contributed by atoms with van der Waals surface area (Å²) in [6, 6.07) is 11.5. The Morgan fingerprint density at radius 1 is 1.14 bits per heavy atom. The Kier molecular flexibility index (Phi) is 3.67. The highest BCUT2D eigenvalue weighted by Gasteiger charge is 2.15. The lowest BCUT2D eigenvalue weighted by Crippen LogP contribution is -2.23. The summed E-state index contributed by atoms with van der Waals surface area (Å²) in [5, 5.41) is 0.609. The molecule has 3 rings (SSSR count). The third kappa shape index (κ3) is 3.07. The van der Waals surface area contributed by atoms with Gasteiger partial charge in [-0.2, -0.15) is 0 Å². The van der Waals surface area contributed by atoms with Crippen LogP contribution in [0.15, 0.2) is 58.2 Å². The van der Waals surface area contributed by atoms with E-state index in [2.05, 4.69) is 9.71 Å². The average Bonchev–Trinajstić information content (AvgIpc) is 2.94. The Morgan fingerprint density at radius 2 is 1.90 bits per heavy atom. The van der Waals surface area contributed by atoms with Crippen molar-refractivity contribution in [3.05, 3.63) is 59.4 Å². The fraction of sp³-hybridized carbons (Fsp3) is 0.0714. The van der Waals surface area contributed by atoms with Gasteiger partial charge in [-0.25, -0.2) is 18.1 Å². The molecule has 0 amide bonds. The molecule has 7 heteroatoms. The van der Waals surface area contributed by atoms with E-state index in [1.165, 1.54) is 18.5 Å². The Labute approximate surface area is 126 Å². The Morgan fingerprint density at radius 3 is 2.67 bits per heavy atom. The van der Waals surface area contributed by atoms with Crippen molar-refractivity contribution in [3.8, 4) is 0 Å². The molecule has 2 aromatic carbocycles. The molecule has 0 saturated carbocycles. The van der Waals surface area contributed by atoms with Gasteiger partial charge in [0, 0.05) is 17.6 Å². The Bertz CT molecular complexity index is 873. The van der Waals surface area contributed by atoms with Gasteiger partial charge in [-0.05, 0) is 29.8 Å². The smallest absolute Gasteiger partial charge is 0.241 e. The number of hydrogen-bond acceptors (Lipinski definition) is 4. The molecular formula is C14H11ClN2O3S. The molecule has 0 radical (unpaired) electrons. The van der Waals surface area contributed by atoms with Crippen molar-refractivity contribution in [3.63, 3.8) is 0 Å². The molecule has 0 aliphatic rings. The summed E-state index contributed by atoms with van der Waals surface area (Å²) >= 11 is 5.79. The van der Waals surface area contributed by atoms with Crippen LogP contribution in [-0.2, 0) is 16.6 Å². The molecule has 0 bridgehead atoms. The van der Waals surface area contributed by atoms with Crippen LogP contribution in [0.4, 0.5) is 0 Å². The van der Waals surface area contributed by atoms with Crippen molar-refractivity contribution in [2.45, 2.75) is 11.4 Å². The van der Waals surface area contributed by atoms with Gasteiger partial charge in [0.25, 0.3) is 0 Å². The molecule has 1 aromatic heterocycles. The molecule has 5 nitrogen and oxygen atoms in total. The van der Waals surface area contributed by atoms with E-state index in [-0.39, 0.29) is 11.4 Å². The van der Waals surface area contributed by atoms with E-state index in [4.69, 9.17) is 16.0 Å². The molecule has 1 heterocycles. The van der Waals surface area contributed by atoms with Crippen LogP contribution < -0.4 is 4.72 Å². The summed E-state index contributed by atoms with van der Waals surface area (Å²) in [5.74, 6) is 0. The number of oxazole rings is 1. The summed E-state index contributed by atoms with van der Waals surface area (Å²) in [6.45, 7) is 0.188. The first-order valence-corrected chi connectivity index (χ1v) is 7.98. The van der Waals surface area contributed by atoms with Gasteiger partial charge < -0.3 is 4.42 Å². The zero-order chi connectivity index (χ0) is 14.9. The zero-order valence-electron chi connectivity index (χ0n) is 10.8. The molecular weight excluding hydrogens is 312 g/mol. The van der Waals surface area contributed by atoms with Crippen LogP contribution in [-0.4, -0.2) is 13.4 Å². The maximum atomic E-state index is 12.2. The number of aromatic nitrogens is 1. The topological polar surface area (TPSA) is 72.2 Å². The largest absolute Gasteiger partial charge is 0.443 e. The van der Waals surface area contributed by atoms with Crippen molar-refractivity contribution in [1.82, 2.24) is 9.71 Å². The Hall–Kier alpha value is -1.89. The summed E-state index contributed by atoms with van der Waals surface area (Å²) in [7, 11) is -3.61. The maximum Gasteiger partial charge on any atom is 0.241 e. The second-order valence-corrected chi connectivity index (χ2v) is 6.64. The minimum absolute atomic E-state index is 0.140. The van der Waals surface area contributed by atoms with E-state index in [0.717, 1.165) is 5.56 Å². The van der Waals surface area contributed by atoms with Gasteiger partial charge in [0.1, 0.15) is 5.52 Å². The van der Waals surface area contributed by atoms with E-state index in [0.29, 0.717) is 16.1 Å². The molecule has 0 aliphatic heterocycles. The third-order valence-corrected chi connectivity index (χ3v) is 4.64. The van der Waals surface area contributed by atoms with Crippen LogP contribution in [0.2, 0.25) is 5.02 Å². The summed E-state index contributed by atoms with van der Waals surface area (Å²) in [6.07, 6.45) is 1.28. The predicted octanol–water partition coefficient (Wildman–Crippen LogP) is 2.96. The number of nitrogens with zero attached hydrogens (tertiary/aromatic N) is 1. The molecule has 0 aliphatic carbocycles. The first-order valence-electron chi connectivity index (χ1n) is 6.12. The normalized spacial score (nSPS) is 11.9. The van der Waals surface area contributed by atoms with E-state index < -0.39 is 10.0 Å². The van der Waals surface area contributed by atoms with Crippen molar-refractivity contribution in [1.29, 1.82) is 0 Å². The molecule has 0 atom stereocenters. The minimum atomic E-state index is -3.61. The SMILES string of the molecule is O=S(=O)(NCc1ccc(Cl)cc1)c1ccc2ncoc2c1. The highest BCUT2D eigenvalue weighted by atomic mass is 35.5. The minimum Gasteiger partial charge on any atom is -0.443 e. The van der Waals surface area contributed by atoms with Gasteiger partial charge in [0.2, 0.25) is 10.0 Å². The molecule has 3 aromatic rings. The third-order valence-electron chi connectivity index (χ3n) is 2.99. The fourth-order valence-electron chi connectivity index (χ4n) is 1.87. The van der Waals surface area contributed by atoms with Crippen LogP contribution in [0.5, 0.6) is 0 Å². The predicted molar refractivity (Wildman–Crippen MR) is 79.5 cm³/mol. The molecule has 0 fully saturated rings. The number of halogens is 1. The second-order valence-electron chi connectivity index (χ2n) is 4.43. The van der Waals surface area contributed by atoms with Crippen molar-refractivity contribution in [2.75, 3.05) is 0 Å².